The molecule has 0 atom stereocenters. The van der Waals surface area contributed by atoms with Crippen molar-refractivity contribution in [2.45, 2.75) is 76.3 Å². The first-order chi connectivity index (χ1) is 20.1. The third-order valence-electron chi connectivity index (χ3n) is 7.53. The predicted molar refractivity (Wildman–Crippen MR) is 162 cm³/mol. The Morgan fingerprint density at radius 3 is 0.738 bits per heavy atom. The van der Waals surface area contributed by atoms with Crippen LogP contribution < -0.4 is 17.1 Å². The maximum Gasteiger partial charge on any atom is 0.500 e. The number of rotatable bonds is 24. The molecule has 0 bridgehead atoms. The number of nitrogens with zero attached hydrogens (tertiary/aromatic N) is 3. The highest BCUT2D eigenvalue weighted by atomic mass is 28.4. The molecule has 42 heavy (non-hydrogen) atoms. The largest absolute Gasteiger partial charge is 0.500 e. The summed E-state index contributed by atoms with van der Waals surface area (Å²) < 4.78 is 52.6. The van der Waals surface area contributed by atoms with Gasteiger partial charge >= 0.3 is 43.5 Å². The molecule has 0 aliphatic rings. The molecule has 0 aliphatic heterocycles. The van der Waals surface area contributed by atoms with Crippen molar-refractivity contribution in [2.75, 3.05) is 64.0 Å². The molecule has 0 N–H and O–H groups in total. The Morgan fingerprint density at radius 2 is 0.571 bits per heavy atom. The van der Waals surface area contributed by atoms with Crippen LogP contribution in [0.3, 0.4) is 0 Å². The molecule has 1 aromatic rings. The van der Waals surface area contributed by atoms with Gasteiger partial charge in [-0.15, -0.1) is 0 Å². The summed E-state index contributed by atoms with van der Waals surface area (Å²) in [6.45, 7) is 0.416. The molecule has 1 aromatic heterocycles. The summed E-state index contributed by atoms with van der Waals surface area (Å²) in [5.74, 6) is 0. The van der Waals surface area contributed by atoms with Gasteiger partial charge in [-0.05, 0) is 38.5 Å². The summed E-state index contributed by atoms with van der Waals surface area (Å²) in [7, 11) is 5.47. The van der Waals surface area contributed by atoms with Gasteiger partial charge in [0.25, 0.3) is 0 Å². The average Bonchev–Trinajstić information content (AvgIpc) is 3.02. The third kappa shape index (κ3) is 10.1. The van der Waals surface area contributed by atoms with Gasteiger partial charge in [0, 0.05) is 102 Å². The van der Waals surface area contributed by atoms with E-state index in [9.17, 15) is 14.4 Å². The van der Waals surface area contributed by atoms with Crippen LogP contribution in [0.1, 0.15) is 38.5 Å². The predicted octanol–water partition coefficient (Wildman–Crippen LogP) is 1.15. The first-order valence-corrected chi connectivity index (χ1v) is 19.8. The molecule has 18 heteroatoms. The highest BCUT2D eigenvalue weighted by molar-refractivity contribution is 6.61. The Morgan fingerprint density at radius 1 is 0.381 bits per heavy atom. The molecule has 0 saturated carbocycles. The second kappa shape index (κ2) is 19.2. The Kier molecular flexibility index (Phi) is 17.7. The van der Waals surface area contributed by atoms with Crippen molar-refractivity contribution >= 4 is 26.4 Å². The second-order valence-corrected chi connectivity index (χ2v) is 18.8. The summed E-state index contributed by atoms with van der Waals surface area (Å²) in [5, 5.41) is 0. The van der Waals surface area contributed by atoms with Crippen molar-refractivity contribution in [1.29, 1.82) is 0 Å². The normalized spacial score (nSPS) is 12.8. The molecule has 0 fully saturated rings. The van der Waals surface area contributed by atoms with Gasteiger partial charge in [0.1, 0.15) is 0 Å². The SMILES string of the molecule is CO[Si](CCCCn1c(=O)n(CCCC[Si](OC)(OC)OC)c(=O)n(CCCC[Si](OC)(OC)OC)c1=O)(OC)OC. The molecule has 0 spiro atoms. The van der Waals surface area contributed by atoms with Crippen LogP contribution in [-0.2, 0) is 59.5 Å². The molecule has 246 valence electrons. The first kappa shape index (κ1) is 38.7. The fraction of sp³-hybridized carbons (Fsp3) is 0.875. The molecule has 0 aliphatic carbocycles. The average molecular weight is 658 g/mol. The van der Waals surface area contributed by atoms with Crippen LogP contribution in [0.2, 0.25) is 18.1 Å². The molecule has 0 saturated heterocycles. The maximum atomic E-state index is 13.4. The molecular formula is C24H51N3O12Si3. The molecule has 0 amide bonds. The van der Waals surface area contributed by atoms with E-state index in [4.69, 9.17) is 39.8 Å². The highest BCUT2D eigenvalue weighted by Gasteiger charge is 2.38. The van der Waals surface area contributed by atoms with Gasteiger partial charge in [-0.25, -0.2) is 28.1 Å². The second-order valence-electron chi connectivity index (χ2n) is 9.56. The van der Waals surface area contributed by atoms with Crippen LogP contribution >= 0.6 is 0 Å². The van der Waals surface area contributed by atoms with Crippen LogP contribution in [-0.4, -0.2) is 104 Å². The van der Waals surface area contributed by atoms with Crippen LogP contribution in [0.4, 0.5) is 0 Å². The number of hydrogen-bond donors (Lipinski definition) is 0. The molecule has 1 rings (SSSR count). The van der Waals surface area contributed by atoms with E-state index in [1.54, 1.807) is 0 Å². The lowest BCUT2D eigenvalue weighted by molar-refractivity contribution is 0.122. The fourth-order valence-electron chi connectivity index (χ4n) is 4.76. The van der Waals surface area contributed by atoms with Gasteiger partial charge in [-0.3, -0.25) is 0 Å². The molecule has 1 heterocycles. The summed E-state index contributed by atoms with van der Waals surface area (Å²) in [6, 6.07) is 1.56. The lowest BCUT2D eigenvalue weighted by Crippen LogP contribution is -2.54. The Hall–Kier alpha value is -1.30. The minimum absolute atomic E-state index is 0.139. The Labute approximate surface area is 251 Å². The van der Waals surface area contributed by atoms with E-state index in [2.05, 4.69) is 0 Å². The topological polar surface area (TPSA) is 149 Å². The highest BCUT2D eigenvalue weighted by Crippen LogP contribution is 2.18. The van der Waals surface area contributed by atoms with Crippen molar-refractivity contribution in [3.63, 3.8) is 0 Å². The summed E-state index contributed by atoms with van der Waals surface area (Å²) in [6.07, 6.45) is 3.27. The van der Waals surface area contributed by atoms with Gasteiger partial charge in [-0.2, -0.15) is 0 Å². The summed E-state index contributed by atoms with van der Waals surface area (Å²) in [5.41, 5.74) is -1.89. The van der Waals surface area contributed by atoms with Crippen LogP contribution in [0.15, 0.2) is 14.4 Å². The van der Waals surface area contributed by atoms with Gasteiger partial charge in [0.05, 0.1) is 0 Å². The minimum Gasteiger partial charge on any atom is -0.377 e. The number of hydrogen-bond acceptors (Lipinski definition) is 12. The number of aromatic nitrogens is 3. The van der Waals surface area contributed by atoms with Crippen LogP contribution in [0.25, 0.3) is 0 Å². The third-order valence-corrected chi connectivity index (χ3v) is 16.0. The lowest BCUT2D eigenvalue weighted by Gasteiger charge is -2.24. The zero-order valence-electron chi connectivity index (χ0n) is 26.7. The van der Waals surface area contributed by atoms with Gasteiger partial charge in [-0.1, -0.05) is 0 Å². The molecule has 0 radical (unpaired) electrons. The first-order valence-electron chi connectivity index (χ1n) is 14.0. The quantitative estimate of drug-likeness (QED) is 0.116. The zero-order valence-corrected chi connectivity index (χ0v) is 29.7. The molecule has 0 unspecified atom stereocenters. The van der Waals surface area contributed by atoms with Crippen molar-refractivity contribution in [3.05, 3.63) is 31.5 Å². The van der Waals surface area contributed by atoms with E-state index < -0.39 is 43.5 Å². The lowest BCUT2D eigenvalue weighted by atomic mass is 10.3. The van der Waals surface area contributed by atoms with E-state index in [0.717, 1.165) is 13.7 Å². The van der Waals surface area contributed by atoms with Gasteiger partial charge in [0.15, 0.2) is 0 Å². The van der Waals surface area contributed by atoms with Crippen LogP contribution in [0.5, 0.6) is 0 Å². The van der Waals surface area contributed by atoms with Crippen molar-refractivity contribution in [1.82, 2.24) is 13.7 Å². The van der Waals surface area contributed by atoms with Gasteiger partial charge < -0.3 is 39.8 Å². The Bertz CT molecular complexity index is 897. The van der Waals surface area contributed by atoms with E-state index in [1.807, 2.05) is 0 Å². The molecule has 15 nitrogen and oxygen atoms in total. The van der Waals surface area contributed by atoms with Crippen molar-refractivity contribution < 1.29 is 39.8 Å². The van der Waals surface area contributed by atoms with Crippen molar-refractivity contribution in [2.24, 2.45) is 0 Å². The van der Waals surface area contributed by atoms with E-state index in [-0.39, 0.29) is 19.6 Å². The monoisotopic (exact) mass is 657 g/mol. The molecular weight excluding hydrogens is 607 g/mol. The fourth-order valence-corrected chi connectivity index (χ4v) is 10.1. The zero-order chi connectivity index (χ0) is 31.8. The van der Waals surface area contributed by atoms with Gasteiger partial charge in [0.2, 0.25) is 0 Å². The number of unbranched alkanes of at least 4 members (excludes halogenated alkanes) is 3. The summed E-state index contributed by atoms with van der Waals surface area (Å²) in [4.78, 5) is 40.2. The van der Waals surface area contributed by atoms with Crippen LogP contribution in [0, 0.1) is 0 Å². The van der Waals surface area contributed by atoms with E-state index in [1.165, 1.54) is 64.0 Å². The van der Waals surface area contributed by atoms with E-state index in [0.29, 0.717) is 56.7 Å². The summed E-state index contributed by atoms with van der Waals surface area (Å²) >= 11 is 0. The molecule has 0 aromatic carbocycles. The smallest absolute Gasteiger partial charge is 0.377 e. The minimum atomic E-state index is -2.79. The maximum absolute atomic E-state index is 13.4. The Balaban J connectivity index is 3.20. The van der Waals surface area contributed by atoms with E-state index >= 15 is 0 Å². The van der Waals surface area contributed by atoms with Crippen molar-refractivity contribution in [3.8, 4) is 0 Å². The standard InChI is InChI=1S/C24H51N3O12Si3/c1-31-40(32-2,33-3)19-13-10-16-25-22(28)26(17-11-14-20-41(34-4,35-5)36-6)24(30)27(23(25)29)18-12-15-21-42(37-7,38-8)39-9/h10-21H2,1-9H3.